The molecule has 8 nitrogen and oxygen atoms in total. The molecule has 0 saturated carbocycles. The Kier molecular flexibility index (Phi) is 4.25. The van der Waals surface area contributed by atoms with Crippen molar-refractivity contribution in [2.75, 3.05) is 25.6 Å². The average Bonchev–Trinajstić information content (AvgIpc) is 2.61. The minimum absolute atomic E-state index is 0.115. The number of anilines is 2. The fourth-order valence-electron chi connectivity index (χ4n) is 2.29. The largest absolute Gasteiger partial charge is 0.384 e. The van der Waals surface area contributed by atoms with E-state index < -0.39 is 0 Å². The Balaban J connectivity index is 2.00. The summed E-state index contributed by atoms with van der Waals surface area (Å²) in [5, 5.41) is 0. The van der Waals surface area contributed by atoms with Crippen LogP contribution < -0.4 is 11.5 Å². The van der Waals surface area contributed by atoms with Crippen molar-refractivity contribution in [2.24, 2.45) is 0 Å². The van der Waals surface area contributed by atoms with Gasteiger partial charge in [0.15, 0.2) is 0 Å². The van der Waals surface area contributed by atoms with Crippen LogP contribution in [0, 0.1) is 0 Å². The number of hydrogen-bond donors (Lipinski definition) is 2. The van der Waals surface area contributed by atoms with Crippen molar-refractivity contribution in [3.8, 4) is 22.5 Å². The standard InChI is InChI=1S/C17H17N7O/c1-24(2)17(25)10-3-4-13(20-7-10)12-5-11(8-21-16(12)19)14-6-15(18)23-9-22-14/h3-9H,1-2H3,(H2,19,21)(H2,18,22,23). The number of pyridine rings is 2. The highest BCUT2D eigenvalue weighted by Crippen LogP contribution is 2.28. The molecule has 0 radical (unpaired) electrons. The lowest BCUT2D eigenvalue weighted by atomic mass is 10.1. The maximum Gasteiger partial charge on any atom is 0.254 e. The van der Waals surface area contributed by atoms with Crippen molar-refractivity contribution in [1.29, 1.82) is 0 Å². The summed E-state index contributed by atoms with van der Waals surface area (Å²) in [4.78, 5) is 30.1. The molecule has 4 N–H and O–H groups in total. The van der Waals surface area contributed by atoms with Gasteiger partial charge in [0.1, 0.15) is 18.0 Å². The summed E-state index contributed by atoms with van der Waals surface area (Å²) in [7, 11) is 3.38. The number of rotatable bonds is 3. The second-order valence-electron chi connectivity index (χ2n) is 5.62. The Morgan fingerprint density at radius 3 is 2.40 bits per heavy atom. The maximum atomic E-state index is 12.0. The van der Waals surface area contributed by atoms with Crippen molar-refractivity contribution < 1.29 is 4.79 Å². The number of carbonyl (C=O) groups excluding carboxylic acids is 1. The predicted molar refractivity (Wildman–Crippen MR) is 95.3 cm³/mol. The fraction of sp³-hybridized carbons (Fsp3) is 0.118. The normalized spacial score (nSPS) is 10.5. The summed E-state index contributed by atoms with van der Waals surface area (Å²) < 4.78 is 0. The van der Waals surface area contributed by atoms with Gasteiger partial charge in [-0.3, -0.25) is 9.78 Å². The van der Waals surface area contributed by atoms with E-state index in [9.17, 15) is 4.79 Å². The molecule has 0 bridgehead atoms. The van der Waals surface area contributed by atoms with E-state index in [2.05, 4.69) is 19.9 Å². The van der Waals surface area contributed by atoms with Crippen LogP contribution in [0.2, 0.25) is 0 Å². The van der Waals surface area contributed by atoms with Crippen molar-refractivity contribution in [3.63, 3.8) is 0 Å². The number of amides is 1. The van der Waals surface area contributed by atoms with Crippen LogP contribution in [-0.4, -0.2) is 44.8 Å². The third-order valence-electron chi connectivity index (χ3n) is 3.60. The van der Waals surface area contributed by atoms with Crippen LogP contribution in [-0.2, 0) is 0 Å². The second kappa shape index (κ2) is 6.52. The van der Waals surface area contributed by atoms with Crippen molar-refractivity contribution in [3.05, 3.63) is 48.5 Å². The molecule has 25 heavy (non-hydrogen) atoms. The summed E-state index contributed by atoms with van der Waals surface area (Å²) in [5.41, 5.74) is 14.8. The molecule has 3 rings (SSSR count). The predicted octanol–water partition coefficient (Wildman–Crippen LogP) is 1.47. The highest BCUT2D eigenvalue weighted by Gasteiger charge is 2.12. The van der Waals surface area contributed by atoms with Crippen LogP contribution in [0.3, 0.4) is 0 Å². The molecule has 3 heterocycles. The summed E-state index contributed by atoms with van der Waals surface area (Å²) in [6, 6.07) is 6.94. The summed E-state index contributed by atoms with van der Waals surface area (Å²) in [5.74, 6) is 0.591. The van der Waals surface area contributed by atoms with E-state index >= 15 is 0 Å². The molecule has 126 valence electrons. The van der Waals surface area contributed by atoms with Gasteiger partial charge in [0, 0.05) is 43.7 Å². The van der Waals surface area contributed by atoms with E-state index in [-0.39, 0.29) is 5.91 Å². The first-order chi connectivity index (χ1) is 12.0. The Morgan fingerprint density at radius 2 is 1.76 bits per heavy atom. The molecule has 8 heteroatoms. The molecule has 0 aliphatic carbocycles. The second-order valence-corrected chi connectivity index (χ2v) is 5.62. The Bertz CT molecular complexity index is 923. The topological polar surface area (TPSA) is 124 Å². The zero-order valence-corrected chi connectivity index (χ0v) is 13.8. The van der Waals surface area contributed by atoms with Gasteiger partial charge in [0.05, 0.1) is 17.0 Å². The number of aromatic nitrogens is 4. The minimum Gasteiger partial charge on any atom is -0.384 e. The quantitative estimate of drug-likeness (QED) is 0.742. The molecule has 0 atom stereocenters. The molecular weight excluding hydrogens is 318 g/mol. The van der Waals surface area contributed by atoms with Crippen molar-refractivity contribution in [2.45, 2.75) is 0 Å². The van der Waals surface area contributed by atoms with E-state index in [0.29, 0.717) is 34.2 Å². The summed E-state index contributed by atoms with van der Waals surface area (Å²) >= 11 is 0. The maximum absolute atomic E-state index is 12.0. The summed E-state index contributed by atoms with van der Waals surface area (Å²) in [6.07, 6.45) is 4.53. The van der Waals surface area contributed by atoms with E-state index in [4.69, 9.17) is 11.5 Å². The third-order valence-corrected chi connectivity index (χ3v) is 3.60. The van der Waals surface area contributed by atoms with Gasteiger partial charge in [-0.2, -0.15) is 0 Å². The van der Waals surface area contributed by atoms with Gasteiger partial charge >= 0.3 is 0 Å². The van der Waals surface area contributed by atoms with Crippen molar-refractivity contribution >= 4 is 17.5 Å². The van der Waals surface area contributed by atoms with Crippen LogP contribution in [0.15, 0.2) is 43.0 Å². The molecule has 0 unspecified atom stereocenters. The van der Waals surface area contributed by atoms with Crippen LogP contribution >= 0.6 is 0 Å². The van der Waals surface area contributed by atoms with Crippen LogP contribution in [0.1, 0.15) is 10.4 Å². The number of carbonyl (C=O) groups is 1. The SMILES string of the molecule is CN(C)C(=O)c1ccc(-c2cc(-c3cc(N)ncn3)cnc2N)nc1. The van der Waals surface area contributed by atoms with E-state index in [0.717, 1.165) is 5.56 Å². The molecule has 0 aliphatic heterocycles. The molecule has 0 fully saturated rings. The first kappa shape index (κ1) is 16.3. The fourth-order valence-corrected chi connectivity index (χ4v) is 2.29. The number of nitrogens with zero attached hydrogens (tertiary/aromatic N) is 5. The smallest absolute Gasteiger partial charge is 0.254 e. The Hall–Kier alpha value is -3.55. The van der Waals surface area contributed by atoms with Gasteiger partial charge < -0.3 is 16.4 Å². The minimum atomic E-state index is -0.115. The van der Waals surface area contributed by atoms with E-state index in [1.807, 2.05) is 6.07 Å². The Morgan fingerprint density at radius 1 is 0.960 bits per heavy atom. The molecular formula is C17H17N7O. The molecule has 1 amide bonds. The number of nitrogens with two attached hydrogens (primary N) is 2. The molecule has 0 saturated heterocycles. The molecule has 3 aromatic heterocycles. The lowest BCUT2D eigenvalue weighted by Gasteiger charge is -2.11. The first-order valence-corrected chi connectivity index (χ1v) is 7.47. The average molecular weight is 335 g/mol. The van der Waals surface area contributed by atoms with Gasteiger partial charge in [0.2, 0.25) is 0 Å². The monoisotopic (exact) mass is 335 g/mol. The number of hydrogen-bond acceptors (Lipinski definition) is 7. The molecule has 0 spiro atoms. The van der Waals surface area contributed by atoms with E-state index in [1.54, 1.807) is 38.5 Å². The third kappa shape index (κ3) is 3.37. The summed E-state index contributed by atoms with van der Waals surface area (Å²) in [6.45, 7) is 0. The van der Waals surface area contributed by atoms with Gasteiger partial charge in [-0.15, -0.1) is 0 Å². The number of nitrogen functional groups attached to an aromatic ring is 2. The molecule has 3 aromatic rings. The molecule has 0 aromatic carbocycles. The zero-order chi connectivity index (χ0) is 18.0. The zero-order valence-electron chi connectivity index (χ0n) is 13.8. The first-order valence-electron chi connectivity index (χ1n) is 7.47. The van der Waals surface area contributed by atoms with Gasteiger partial charge in [-0.1, -0.05) is 0 Å². The van der Waals surface area contributed by atoms with E-state index in [1.165, 1.54) is 17.4 Å². The highest BCUT2D eigenvalue weighted by atomic mass is 16.2. The lowest BCUT2D eigenvalue weighted by Crippen LogP contribution is -2.21. The highest BCUT2D eigenvalue weighted by molar-refractivity contribution is 5.94. The molecule has 0 aliphatic rings. The van der Waals surface area contributed by atoms with Crippen LogP contribution in [0.4, 0.5) is 11.6 Å². The van der Waals surface area contributed by atoms with Crippen LogP contribution in [0.5, 0.6) is 0 Å². The van der Waals surface area contributed by atoms with Crippen molar-refractivity contribution in [1.82, 2.24) is 24.8 Å². The van der Waals surface area contributed by atoms with Gasteiger partial charge in [-0.05, 0) is 18.2 Å². The van der Waals surface area contributed by atoms with Gasteiger partial charge in [0.25, 0.3) is 5.91 Å². The lowest BCUT2D eigenvalue weighted by molar-refractivity contribution is 0.0827. The van der Waals surface area contributed by atoms with Gasteiger partial charge in [-0.25, -0.2) is 15.0 Å². The van der Waals surface area contributed by atoms with Crippen LogP contribution in [0.25, 0.3) is 22.5 Å². The Labute approximate surface area is 144 Å².